The van der Waals surface area contributed by atoms with E-state index in [-0.39, 0.29) is 11.6 Å². The Labute approximate surface area is 157 Å². The molecule has 2 aliphatic heterocycles. The highest BCUT2D eigenvalue weighted by molar-refractivity contribution is 5.79. The molecule has 4 rings (SSSR count). The van der Waals surface area contributed by atoms with Crippen LogP contribution in [0.4, 0.5) is 10.3 Å². The summed E-state index contributed by atoms with van der Waals surface area (Å²) in [7, 11) is 0. The summed E-state index contributed by atoms with van der Waals surface area (Å²) >= 11 is 0. The van der Waals surface area contributed by atoms with Gasteiger partial charge in [-0.15, -0.1) is 0 Å². The number of likely N-dealkylation sites (tertiary alicyclic amines) is 1. The van der Waals surface area contributed by atoms with Crippen LogP contribution in [0, 0.1) is 17.7 Å². The number of nitrogens with zero attached hydrogens (tertiary/aromatic N) is 3. The van der Waals surface area contributed by atoms with Crippen molar-refractivity contribution in [2.45, 2.75) is 19.8 Å². The number of nitrogens with one attached hydrogen (secondary N) is 1. The van der Waals surface area contributed by atoms with Gasteiger partial charge in [-0.2, -0.15) is 4.39 Å². The molecule has 0 radical (unpaired) electrons. The summed E-state index contributed by atoms with van der Waals surface area (Å²) in [5.41, 5.74) is 0.514. The van der Waals surface area contributed by atoms with Crippen LogP contribution in [0.3, 0.4) is 0 Å². The summed E-state index contributed by atoms with van der Waals surface area (Å²) in [6.45, 7) is 4.66. The van der Waals surface area contributed by atoms with E-state index in [0.29, 0.717) is 30.6 Å². The van der Waals surface area contributed by atoms with Gasteiger partial charge in [0.15, 0.2) is 0 Å². The summed E-state index contributed by atoms with van der Waals surface area (Å²) in [5, 5.41) is 0. The van der Waals surface area contributed by atoms with E-state index in [4.69, 9.17) is 0 Å². The number of fused-ring (bicyclic) bond motifs is 1. The first kappa shape index (κ1) is 17.7. The molecule has 2 aliphatic rings. The van der Waals surface area contributed by atoms with Gasteiger partial charge in [0.05, 0.1) is 12.1 Å². The number of benzene rings is 1. The maximum absolute atomic E-state index is 13.7. The van der Waals surface area contributed by atoms with Gasteiger partial charge in [-0.1, -0.05) is 37.3 Å². The van der Waals surface area contributed by atoms with Crippen molar-refractivity contribution in [3.8, 4) is 0 Å². The van der Waals surface area contributed by atoms with Gasteiger partial charge in [0.2, 0.25) is 17.7 Å². The maximum Gasteiger partial charge on any atom is 0.288 e. The average molecular weight is 370 g/mol. The van der Waals surface area contributed by atoms with Crippen LogP contribution in [-0.4, -0.2) is 47.0 Å². The minimum Gasteiger partial charge on any atom is -0.342 e. The van der Waals surface area contributed by atoms with Crippen LogP contribution in [0.25, 0.3) is 0 Å². The van der Waals surface area contributed by atoms with E-state index in [1.54, 1.807) is 6.92 Å². The molecule has 1 aromatic carbocycles. The number of aromatic amines is 1. The van der Waals surface area contributed by atoms with Crippen LogP contribution >= 0.6 is 0 Å². The fourth-order valence-electron chi connectivity index (χ4n) is 4.13. The molecule has 1 amide bonds. The molecule has 0 aliphatic carbocycles. The quantitative estimate of drug-likeness (QED) is 0.888. The Kier molecular flexibility index (Phi) is 4.68. The van der Waals surface area contributed by atoms with Crippen molar-refractivity contribution in [3.05, 3.63) is 57.8 Å². The average Bonchev–Trinajstić information content (AvgIpc) is 3.24. The van der Waals surface area contributed by atoms with Crippen molar-refractivity contribution in [2.24, 2.45) is 11.8 Å². The molecule has 6 nitrogen and oxygen atoms in total. The molecule has 0 bridgehead atoms. The largest absolute Gasteiger partial charge is 0.342 e. The number of aryl methyl sites for hydroxylation is 1. The second-order valence-corrected chi connectivity index (χ2v) is 7.39. The second-order valence-electron chi connectivity index (χ2n) is 7.39. The molecule has 0 spiro atoms. The maximum atomic E-state index is 13.7. The van der Waals surface area contributed by atoms with Gasteiger partial charge in [0, 0.05) is 38.0 Å². The minimum atomic E-state index is -0.793. The molecule has 1 N–H and O–H groups in total. The number of hydrogen-bond donors (Lipinski definition) is 1. The van der Waals surface area contributed by atoms with E-state index in [0.717, 1.165) is 31.7 Å². The Balaban J connectivity index is 1.40. The molecule has 2 unspecified atom stereocenters. The van der Waals surface area contributed by atoms with Gasteiger partial charge in [0.25, 0.3) is 5.56 Å². The molecule has 2 saturated heterocycles. The molecule has 2 aromatic rings. The lowest BCUT2D eigenvalue weighted by Gasteiger charge is -2.22. The minimum absolute atomic E-state index is 0.156. The van der Waals surface area contributed by atoms with E-state index in [9.17, 15) is 14.0 Å². The van der Waals surface area contributed by atoms with Crippen molar-refractivity contribution in [1.29, 1.82) is 0 Å². The van der Waals surface area contributed by atoms with E-state index in [1.165, 1.54) is 0 Å². The Bertz CT molecular complexity index is 885. The second kappa shape index (κ2) is 7.13. The van der Waals surface area contributed by atoms with Crippen molar-refractivity contribution >= 4 is 11.9 Å². The lowest BCUT2D eigenvalue weighted by Crippen LogP contribution is -2.35. The monoisotopic (exact) mass is 370 g/mol. The van der Waals surface area contributed by atoms with E-state index < -0.39 is 11.4 Å². The van der Waals surface area contributed by atoms with Gasteiger partial charge in [-0.25, -0.2) is 4.98 Å². The van der Waals surface area contributed by atoms with Gasteiger partial charge in [-0.3, -0.25) is 14.6 Å². The first-order chi connectivity index (χ1) is 13.0. The van der Waals surface area contributed by atoms with Gasteiger partial charge in [0.1, 0.15) is 0 Å². The topological polar surface area (TPSA) is 69.3 Å². The van der Waals surface area contributed by atoms with E-state index in [1.807, 2.05) is 40.1 Å². The molecule has 142 valence electrons. The number of amides is 1. The Morgan fingerprint density at radius 3 is 2.48 bits per heavy atom. The third-order valence-electron chi connectivity index (χ3n) is 5.59. The van der Waals surface area contributed by atoms with Crippen molar-refractivity contribution < 1.29 is 9.18 Å². The highest BCUT2D eigenvalue weighted by atomic mass is 19.1. The molecule has 2 atom stereocenters. The zero-order valence-corrected chi connectivity index (χ0v) is 15.3. The van der Waals surface area contributed by atoms with Crippen molar-refractivity contribution in [2.75, 3.05) is 31.1 Å². The van der Waals surface area contributed by atoms with E-state index in [2.05, 4.69) is 9.97 Å². The summed E-state index contributed by atoms with van der Waals surface area (Å²) in [4.78, 5) is 35.1. The molecular formula is C20H23FN4O2. The fraction of sp³-hybridized carbons (Fsp3) is 0.450. The van der Waals surface area contributed by atoms with Crippen molar-refractivity contribution in [1.82, 2.24) is 14.9 Å². The third-order valence-corrected chi connectivity index (χ3v) is 5.59. The number of rotatable bonds is 4. The Morgan fingerprint density at radius 1 is 1.19 bits per heavy atom. The van der Waals surface area contributed by atoms with E-state index >= 15 is 0 Å². The zero-order valence-electron chi connectivity index (χ0n) is 15.3. The fourth-order valence-corrected chi connectivity index (χ4v) is 4.13. The normalized spacial score (nSPS) is 21.6. The smallest absolute Gasteiger partial charge is 0.288 e. The lowest BCUT2D eigenvalue weighted by atomic mass is 10.0. The van der Waals surface area contributed by atoms with Crippen LogP contribution < -0.4 is 10.5 Å². The van der Waals surface area contributed by atoms with Crippen molar-refractivity contribution in [3.63, 3.8) is 0 Å². The highest BCUT2D eigenvalue weighted by Gasteiger charge is 2.42. The van der Waals surface area contributed by atoms with Crippen LogP contribution in [0.2, 0.25) is 0 Å². The predicted molar refractivity (Wildman–Crippen MR) is 100 cm³/mol. The number of carbonyl (C=O) groups is 1. The SMILES string of the molecule is CCc1nc(N2CC3CN(C(=O)Cc4ccccc4)CC3C2)[nH]c(=O)c1F. The Morgan fingerprint density at radius 2 is 1.85 bits per heavy atom. The summed E-state index contributed by atoms with van der Waals surface area (Å²) in [6, 6.07) is 9.78. The highest BCUT2D eigenvalue weighted by Crippen LogP contribution is 2.33. The number of H-pyrrole nitrogens is 1. The van der Waals surface area contributed by atoms with Crippen LogP contribution in [0.5, 0.6) is 0 Å². The molecule has 27 heavy (non-hydrogen) atoms. The van der Waals surface area contributed by atoms with Crippen LogP contribution in [-0.2, 0) is 17.6 Å². The molecule has 0 saturated carbocycles. The molecule has 7 heteroatoms. The van der Waals surface area contributed by atoms with Gasteiger partial charge < -0.3 is 9.80 Å². The summed E-state index contributed by atoms with van der Waals surface area (Å²) in [6.07, 6.45) is 0.807. The summed E-state index contributed by atoms with van der Waals surface area (Å²) < 4.78 is 13.7. The first-order valence-electron chi connectivity index (χ1n) is 9.40. The molecular weight excluding hydrogens is 347 g/mol. The van der Waals surface area contributed by atoms with Crippen LogP contribution in [0.1, 0.15) is 18.2 Å². The number of aromatic nitrogens is 2. The van der Waals surface area contributed by atoms with Gasteiger partial charge >= 0.3 is 0 Å². The van der Waals surface area contributed by atoms with Gasteiger partial charge in [-0.05, 0) is 12.0 Å². The zero-order chi connectivity index (χ0) is 19.0. The standard InChI is InChI=1S/C20H23FN4O2/c1-2-16-18(21)19(27)23-20(22-16)25-11-14-9-24(10-15(14)12-25)17(26)8-13-6-4-3-5-7-13/h3-7,14-15H,2,8-12H2,1H3,(H,22,23,27). The number of halogens is 1. The predicted octanol–water partition coefficient (Wildman–Crippen LogP) is 1.61. The number of hydrogen-bond acceptors (Lipinski definition) is 4. The summed E-state index contributed by atoms with van der Waals surface area (Å²) in [5.74, 6) is 0.507. The third kappa shape index (κ3) is 3.46. The van der Waals surface area contributed by atoms with Crippen LogP contribution in [0.15, 0.2) is 35.1 Å². The molecule has 3 heterocycles. The molecule has 2 fully saturated rings. The Hall–Kier alpha value is -2.70. The first-order valence-corrected chi connectivity index (χ1v) is 9.40. The number of anilines is 1. The number of carbonyl (C=O) groups excluding carboxylic acids is 1. The molecule has 1 aromatic heterocycles. The lowest BCUT2D eigenvalue weighted by molar-refractivity contribution is -0.129.